The molecule has 0 aromatic carbocycles. The maximum atomic E-state index is 14.5. The van der Waals surface area contributed by atoms with Crippen molar-refractivity contribution in [3.8, 4) is 0 Å². The number of aliphatic imine (C=N–C) groups is 2. The first-order chi connectivity index (χ1) is 51.8. The third kappa shape index (κ3) is 46.1. The predicted octanol–water partition coefficient (Wildman–Crippen LogP) is 3.71. The molecule has 0 aromatic rings. The molecular weight excluding hydrogens is 1420 g/mol. The van der Waals surface area contributed by atoms with Crippen LogP contribution in [0.5, 0.6) is 0 Å². The number of rotatable bonds is 67. The van der Waals surface area contributed by atoms with Crippen LogP contribution in [-0.4, -0.2) is 189 Å². The van der Waals surface area contributed by atoms with Crippen LogP contribution >= 0.6 is 0 Å². The maximum Gasteiger partial charge on any atom is 0.303 e. The molecule has 0 aliphatic rings. The van der Waals surface area contributed by atoms with Gasteiger partial charge in [0, 0.05) is 94.5 Å². The van der Waals surface area contributed by atoms with Crippen molar-refractivity contribution in [1.82, 2.24) is 31.9 Å². The van der Waals surface area contributed by atoms with Crippen molar-refractivity contribution < 1.29 is 87.5 Å². The number of nitrogens with two attached hydrogens (primary N) is 6. The van der Waals surface area contributed by atoms with Crippen molar-refractivity contribution in [2.45, 2.75) is 323 Å². The smallest absolute Gasteiger partial charge is 0.303 e. The summed E-state index contributed by atoms with van der Waals surface area (Å²) in [6, 6.07) is -7.95. The number of carbonyl (C=O) groups is 14. The molecule has 0 fully saturated rings. The lowest BCUT2D eigenvalue weighted by molar-refractivity contribution is -0.139. The molecule has 630 valence electrons. The van der Waals surface area contributed by atoms with Crippen LogP contribution in [0.2, 0.25) is 0 Å². The van der Waals surface area contributed by atoms with E-state index >= 15 is 0 Å². The Labute approximate surface area is 651 Å². The number of aliphatic hydroxyl groups is 3. The number of unbranched alkanes of at least 4 members (excludes halogenated alkanes) is 13. The Morgan fingerprint density at radius 1 is 0.382 bits per heavy atom. The fourth-order valence-electron chi connectivity index (χ4n) is 12.9. The van der Waals surface area contributed by atoms with Gasteiger partial charge in [-0.05, 0) is 102 Å². The number of nitrogens with one attached hydrogen (secondary N) is 6. The average Bonchev–Trinajstić information content (AvgIpc) is 0.857. The van der Waals surface area contributed by atoms with Crippen LogP contribution in [0.4, 0.5) is 0 Å². The number of aliphatic carboxylic acids is 1. The summed E-state index contributed by atoms with van der Waals surface area (Å²) in [6.07, 6.45) is 9.01. The quantitative estimate of drug-likeness (QED) is 0.0234. The van der Waals surface area contributed by atoms with E-state index < -0.39 is 224 Å². The normalized spacial score (nSPS) is 15.0. The highest BCUT2D eigenvalue weighted by molar-refractivity contribution is 5.99. The van der Waals surface area contributed by atoms with Gasteiger partial charge >= 0.3 is 5.97 Å². The Kier molecular flexibility index (Phi) is 54.0. The highest BCUT2D eigenvalue weighted by atomic mass is 16.4. The first-order valence-electron chi connectivity index (χ1n) is 40.1. The van der Waals surface area contributed by atoms with Crippen LogP contribution in [0.25, 0.3) is 0 Å². The lowest BCUT2D eigenvalue weighted by Crippen LogP contribution is -2.52. The molecule has 0 aromatic heterocycles. The van der Waals surface area contributed by atoms with Crippen molar-refractivity contribution in [2.75, 3.05) is 26.2 Å². The molecule has 22 N–H and O–H groups in total. The minimum absolute atomic E-state index is 0.0181. The molecule has 0 aliphatic heterocycles. The number of aliphatic hydroxyl groups excluding tert-OH is 3. The van der Waals surface area contributed by atoms with Crippen LogP contribution in [0, 0.1) is 47.3 Å². The lowest BCUT2D eigenvalue weighted by Gasteiger charge is -2.28. The van der Waals surface area contributed by atoms with Gasteiger partial charge in [-0.25, -0.2) is 0 Å². The molecule has 110 heavy (non-hydrogen) atoms. The van der Waals surface area contributed by atoms with Gasteiger partial charge < -0.3 is 86.7 Å². The number of amides is 7. The summed E-state index contributed by atoms with van der Waals surface area (Å²) in [5.74, 6) is -17.7. The Balaban J connectivity index is 6.50. The molecule has 0 saturated heterocycles. The number of hydrogen-bond donors (Lipinski definition) is 16. The molecule has 0 saturated carbocycles. The van der Waals surface area contributed by atoms with E-state index in [2.05, 4.69) is 48.8 Å². The second-order valence-corrected chi connectivity index (χ2v) is 30.9. The van der Waals surface area contributed by atoms with Gasteiger partial charge in [0.25, 0.3) is 0 Å². The van der Waals surface area contributed by atoms with Crippen molar-refractivity contribution >= 4 is 93.9 Å². The number of nitrogens with zero attached hydrogens (tertiary/aromatic N) is 2. The number of carboxylic acids is 1. The van der Waals surface area contributed by atoms with E-state index in [1.54, 1.807) is 27.7 Å². The highest BCUT2D eigenvalue weighted by Gasteiger charge is 2.38. The lowest BCUT2D eigenvalue weighted by atomic mass is 9.86. The third-order valence-corrected chi connectivity index (χ3v) is 19.5. The summed E-state index contributed by atoms with van der Waals surface area (Å²) in [5, 5.41) is 56.7. The Bertz CT molecular complexity index is 2920. The van der Waals surface area contributed by atoms with Gasteiger partial charge in [-0.1, -0.05) is 139 Å². The van der Waals surface area contributed by atoms with Gasteiger partial charge in [0.1, 0.15) is 12.1 Å². The van der Waals surface area contributed by atoms with Crippen molar-refractivity contribution in [1.29, 1.82) is 0 Å². The second kappa shape index (κ2) is 58.1. The molecule has 0 rings (SSSR count). The molecular formula is C78H140N14O18. The van der Waals surface area contributed by atoms with E-state index in [-0.39, 0.29) is 101 Å². The molecule has 0 heterocycles. The van der Waals surface area contributed by atoms with Crippen LogP contribution in [0.3, 0.4) is 0 Å². The zero-order valence-corrected chi connectivity index (χ0v) is 67.6. The number of hydrogen-bond acceptors (Lipinski definition) is 20. The van der Waals surface area contributed by atoms with Gasteiger partial charge in [0.2, 0.25) is 41.4 Å². The first kappa shape index (κ1) is 102. The Morgan fingerprint density at radius 3 is 1.26 bits per heavy atom. The number of carbonyl (C=O) groups excluding carboxylic acids is 13. The summed E-state index contributed by atoms with van der Waals surface area (Å²) >= 11 is 0. The summed E-state index contributed by atoms with van der Waals surface area (Å²) in [6.45, 7) is 16.3. The Hall–Kier alpha value is -7.84. The zero-order chi connectivity index (χ0) is 83.6. The molecule has 13 atom stereocenters. The fraction of sp³-hybridized carbons (Fsp3) is 0.795. The number of Topliss-reactive ketones (excluding diaryl/α,β-unsaturated/α-hetero) is 6. The number of carboxylic acid groups (broad SMARTS) is 1. The van der Waals surface area contributed by atoms with Crippen LogP contribution < -0.4 is 66.3 Å². The summed E-state index contributed by atoms with van der Waals surface area (Å²) in [4.78, 5) is 199. The predicted molar refractivity (Wildman–Crippen MR) is 420 cm³/mol. The van der Waals surface area contributed by atoms with E-state index in [1.165, 1.54) is 72.1 Å². The number of ketones is 6. The summed E-state index contributed by atoms with van der Waals surface area (Å²) < 4.78 is 0. The largest absolute Gasteiger partial charge is 0.481 e. The third-order valence-electron chi connectivity index (χ3n) is 19.5. The molecule has 7 amide bonds. The zero-order valence-electron chi connectivity index (χ0n) is 67.6. The standard InChI is InChI=1S/C78H140N14O18/c1-11-12-13-14-15-16-17-18-19-20-21-22-23-31-68(102)88-61(46-93)62(96)33-34-69(103)87-57(30-27-38-86-78(83)84)65(99)44-55(49(6)7)76(110)91-59(39-47(2)3)63(97)41-50(8)73(107)92-71(52(10)95)67(101)43-53(28-24-25-36-79)75(109)90-60(40-48(4)5)64(98)42-54(29-26-37-85-77(81)82)74(108)89-58(32-35-70(104)105)66(100)45-56(51(9)94)72(80)106/h47-61,71,93-95H,11-46,79H2,1-10H3,(H2,80,106)(H,87,103)(H,88,102)(H,89,108)(H,90,109)(H,91,110)(H,92,107)(H,104,105)(H4,81,82,85)(H4,83,84,86)/t50-,51-,52-,53-,54-,55+,56+,57+,58+,59+,60+,61+,71+/m1/s1. The van der Waals surface area contributed by atoms with Crippen LogP contribution in [0.15, 0.2) is 9.98 Å². The SMILES string of the molecule is CCCCCCCCCCCCCCCC(=O)N[C@@H](CO)C(=O)CCC(=O)N[C@@H](CCCN=C(N)N)C(=O)C[C@H](C(=O)N[C@@H](CC(C)C)C(=O)C[C@@H](C)C(=O)N[C@H](C(=O)C[C@@H](CCCCN)C(=O)N[C@@H](CC(C)C)C(=O)C[C@@H](CCCN=C(N)N)C(=O)N[C@@H](CCC(=O)O)C(=O)C[C@H](C(N)=O)[C@@H](C)O)[C@@H](C)O)C(C)C. The van der Waals surface area contributed by atoms with E-state index in [9.17, 15) is 87.5 Å². The average molecular weight is 1560 g/mol. The number of primary amides is 1. The topological polar surface area (TPSA) is 573 Å². The summed E-state index contributed by atoms with van der Waals surface area (Å²) in [7, 11) is 0. The van der Waals surface area contributed by atoms with E-state index in [4.69, 9.17) is 34.4 Å². The van der Waals surface area contributed by atoms with Crippen LogP contribution in [0.1, 0.15) is 275 Å². The van der Waals surface area contributed by atoms with Crippen molar-refractivity contribution in [3.63, 3.8) is 0 Å². The molecule has 32 heteroatoms. The second-order valence-electron chi connectivity index (χ2n) is 30.9. The monoisotopic (exact) mass is 1560 g/mol. The molecule has 0 bridgehead atoms. The van der Waals surface area contributed by atoms with Crippen molar-refractivity contribution in [3.05, 3.63) is 0 Å². The maximum absolute atomic E-state index is 14.5. The van der Waals surface area contributed by atoms with Gasteiger partial charge in [0.05, 0.1) is 48.9 Å². The van der Waals surface area contributed by atoms with E-state index in [1.807, 2.05) is 13.8 Å². The van der Waals surface area contributed by atoms with Gasteiger partial charge in [0.15, 0.2) is 46.6 Å². The number of guanidine groups is 2. The van der Waals surface area contributed by atoms with Crippen LogP contribution in [-0.2, 0) is 67.1 Å². The molecule has 32 nitrogen and oxygen atoms in total. The fourth-order valence-corrected chi connectivity index (χ4v) is 12.9. The van der Waals surface area contributed by atoms with Gasteiger partial charge in [-0.2, -0.15) is 0 Å². The first-order valence-corrected chi connectivity index (χ1v) is 40.1. The molecule has 0 spiro atoms. The minimum Gasteiger partial charge on any atom is -0.481 e. The molecule has 0 aliphatic carbocycles. The minimum atomic E-state index is -1.62. The molecule has 0 unspecified atom stereocenters. The Morgan fingerprint density at radius 2 is 0.809 bits per heavy atom. The van der Waals surface area contributed by atoms with E-state index in [0.29, 0.717) is 19.3 Å². The van der Waals surface area contributed by atoms with Gasteiger partial charge in [-0.15, -0.1) is 0 Å². The van der Waals surface area contributed by atoms with Gasteiger partial charge in [-0.3, -0.25) is 77.1 Å². The van der Waals surface area contributed by atoms with Crippen molar-refractivity contribution in [2.24, 2.45) is 91.7 Å². The van der Waals surface area contributed by atoms with E-state index in [0.717, 1.165) is 25.7 Å². The highest BCUT2D eigenvalue weighted by Crippen LogP contribution is 2.25. The molecule has 0 radical (unpaired) electrons. The summed E-state index contributed by atoms with van der Waals surface area (Å²) in [5.41, 5.74) is 33.4.